The molecule has 0 radical (unpaired) electrons. The Hall–Kier alpha value is -4.65. The highest BCUT2D eigenvalue weighted by Gasteiger charge is 2.12. The van der Waals surface area contributed by atoms with Gasteiger partial charge in [0.1, 0.15) is 5.75 Å². The first-order valence-electron chi connectivity index (χ1n) is 10.9. The van der Waals surface area contributed by atoms with E-state index in [4.69, 9.17) is 4.74 Å². The number of nitrogens with zero attached hydrogens (tertiary/aromatic N) is 4. The van der Waals surface area contributed by atoms with Crippen molar-refractivity contribution in [1.82, 2.24) is 19.6 Å². The molecule has 2 heterocycles. The van der Waals surface area contributed by atoms with E-state index in [9.17, 15) is 4.79 Å². The van der Waals surface area contributed by atoms with Crippen LogP contribution in [0.5, 0.6) is 5.75 Å². The van der Waals surface area contributed by atoms with Crippen LogP contribution in [-0.2, 0) is 13.3 Å². The standard InChI is InChI=1S/C27H23N5O2/c33-27(28-26-16-18-31(30-26)19-21-7-3-1-4-8-21)25-15-17-32(29-25)20-34-24-13-11-23(12-14-24)22-9-5-2-6-10-22/h1-18H,19-20H2,(H,28,30,33). The predicted molar refractivity (Wildman–Crippen MR) is 130 cm³/mol. The first-order valence-corrected chi connectivity index (χ1v) is 10.9. The van der Waals surface area contributed by atoms with Crippen LogP contribution in [0.15, 0.2) is 109 Å². The Kier molecular flexibility index (Phi) is 6.16. The molecule has 0 fully saturated rings. The van der Waals surface area contributed by atoms with Gasteiger partial charge in [0.2, 0.25) is 0 Å². The molecule has 0 unspecified atom stereocenters. The average Bonchev–Trinajstić information content (AvgIpc) is 3.54. The molecule has 1 amide bonds. The molecule has 7 nitrogen and oxygen atoms in total. The predicted octanol–water partition coefficient (Wildman–Crippen LogP) is 5.08. The highest BCUT2D eigenvalue weighted by atomic mass is 16.5. The SMILES string of the molecule is O=C(Nc1ccn(Cc2ccccc2)n1)c1ccn(COc2ccc(-c3ccccc3)cc2)n1. The molecule has 0 saturated heterocycles. The first-order chi connectivity index (χ1) is 16.7. The number of nitrogens with one attached hydrogen (secondary N) is 1. The van der Waals surface area contributed by atoms with Crippen molar-refractivity contribution in [2.75, 3.05) is 5.32 Å². The maximum absolute atomic E-state index is 12.6. The lowest BCUT2D eigenvalue weighted by molar-refractivity contribution is 0.101. The smallest absolute Gasteiger partial charge is 0.277 e. The summed E-state index contributed by atoms with van der Waals surface area (Å²) in [6.07, 6.45) is 3.54. The number of hydrogen-bond donors (Lipinski definition) is 1. The number of amides is 1. The van der Waals surface area contributed by atoms with Crippen LogP contribution in [0, 0.1) is 0 Å². The Balaban J connectivity index is 1.15. The normalized spacial score (nSPS) is 10.7. The maximum atomic E-state index is 12.6. The molecule has 168 valence electrons. The molecule has 2 aromatic heterocycles. The summed E-state index contributed by atoms with van der Waals surface area (Å²) in [6, 6.07) is 31.5. The number of anilines is 1. The van der Waals surface area contributed by atoms with Gasteiger partial charge in [-0.1, -0.05) is 72.8 Å². The molecular formula is C27H23N5O2. The highest BCUT2D eigenvalue weighted by molar-refractivity contribution is 6.02. The van der Waals surface area contributed by atoms with Gasteiger partial charge < -0.3 is 10.1 Å². The third-order valence-corrected chi connectivity index (χ3v) is 5.27. The molecule has 0 aliphatic carbocycles. The quantitative estimate of drug-likeness (QED) is 0.358. The van der Waals surface area contributed by atoms with Gasteiger partial charge in [-0.2, -0.15) is 10.2 Å². The highest BCUT2D eigenvalue weighted by Crippen LogP contribution is 2.22. The molecule has 0 saturated carbocycles. The van der Waals surface area contributed by atoms with E-state index >= 15 is 0 Å². The van der Waals surface area contributed by atoms with Crippen molar-refractivity contribution >= 4 is 11.7 Å². The fraction of sp³-hybridized carbons (Fsp3) is 0.0741. The molecule has 3 aromatic carbocycles. The average molecular weight is 450 g/mol. The molecule has 0 aliphatic heterocycles. The van der Waals surface area contributed by atoms with Gasteiger partial charge in [-0.25, -0.2) is 4.68 Å². The van der Waals surface area contributed by atoms with Crippen LogP contribution in [0.25, 0.3) is 11.1 Å². The molecule has 5 rings (SSSR count). The van der Waals surface area contributed by atoms with E-state index in [2.05, 4.69) is 27.6 Å². The van der Waals surface area contributed by atoms with Gasteiger partial charge in [-0.3, -0.25) is 9.48 Å². The first kappa shape index (κ1) is 21.2. The van der Waals surface area contributed by atoms with E-state index < -0.39 is 0 Å². The van der Waals surface area contributed by atoms with Crippen LogP contribution in [0.2, 0.25) is 0 Å². The largest absolute Gasteiger partial charge is 0.471 e. The van der Waals surface area contributed by atoms with Crippen LogP contribution in [0.3, 0.4) is 0 Å². The van der Waals surface area contributed by atoms with E-state index in [0.717, 1.165) is 22.4 Å². The number of carbonyl (C=O) groups excluding carboxylic acids is 1. The van der Waals surface area contributed by atoms with Crippen LogP contribution in [0.4, 0.5) is 5.82 Å². The zero-order valence-corrected chi connectivity index (χ0v) is 18.4. The lowest BCUT2D eigenvalue weighted by Crippen LogP contribution is -2.15. The molecule has 7 heteroatoms. The molecule has 0 aliphatic rings. The van der Waals surface area contributed by atoms with E-state index in [-0.39, 0.29) is 12.6 Å². The molecule has 0 bridgehead atoms. The van der Waals surface area contributed by atoms with E-state index in [1.54, 1.807) is 27.7 Å². The molecule has 0 atom stereocenters. The minimum atomic E-state index is -0.323. The number of hydrogen-bond acceptors (Lipinski definition) is 4. The third kappa shape index (κ3) is 5.21. The monoisotopic (exact) mass is 449 g/mol. The summed E-state index contributed by atoms with van der Waals surface area (Å²) in [5.41, 5.74) is 3.71. The van der Waals surface area contributed by atoms with Crippen molar-refractivity contribution < 1.29 is 9.53 Å². The summed E-state index contributed by atoms with van der Waals surface area (Å²) in [6.45, 7) is 0.832. The Labute approximate surface area is 197 Å². The number of aromatic nitrogens is 4. The van der Waals surface area contributed by atoms with Crippen molar-refractivity contribution in [1.29, 1.82) is 0 Å². The van der Waals surface area contributed by atoms with E-state index in [0.29, 0.717) is 18.1 Å². The summed E-state index contributed by atoms with van der Waals surface area (Å²) in [7, 11) is 0. The summed E-state index contributed by atoms with van der Waals surface area (Å²) >= 11 is 0. The Morgan fingerprint density at radius 3 is 2.18 bits per heavy atom. The Bertz CT molecular complexity index is 1360. The van der Waals surface area contributed by atoms with Crippen LogP contribution >= 0.6 is 0 Å². The number of benzene rings is 3. The van der Waals surface area contributed by atoms with Gasteiger partial charge in [-0.15, -0.1) is 0 Å². The summed E-state index contributed by atoms with van der Waals surface area (Å²) in [5.74, 6) is 0.881. The molecule has 5 aromatic rings. The molecular weight excluding hydrogens is 426 g/mol. The van der Waals surface area contributed by atoms with Crippen molar-refractivity contribution in [2.24, 2.45) is 0 Å². The Morgan fingerprint density at radius 1 is 0.735 bits per heavy atom. The third-order valence-electron chi connectivity index (χ3n) is 5.27. The zero-order valence-electron chi connectivity index (χ0n) is 18.4. The molecule has 0 spiro atoms. The van der Waals surface area contributed by atoms with Crippen LogP contribution in [-0.4, -0.2) is 25.5 Å². The van der Waals surface area contributed by atoms with Gasteiger partial charge in [-0.05, 0) is 34.9 Å². The summed E-state index contributed by atoms with van der Waals surface area (Å²) in [5, 5.41) is 11.5. The van der Waals surface area contributed by atoms with Crippen molar-refractivity contribution in [3.8, 4) is 16.9 Å². The lowest BCUT2D eigenvalue weighted by Gasteiger charge is -2.07. The van der Waals surface area contributed by atoms with Gasteiger partial charge in [0.05, 0.1) is 6.54 Å². The molecule has 1 N–H and O–H groups in total. The fourth-order valence-corrected chi connectivity index (χ4v) is 3.54. The van der Waals surface area contributed by atoms with Gasteiger partial charge in [0.25, 0.3) is 5.91 Å². The van der Waals surface area contributed by atoms with Crippen molar-refractivity contribution in [3.63, 3.8) is 0 Å². The van der Waals surface area contributed by atoms with Gasteiger partial charge in [0, 0.05) is 18.5 Å². The van der Waals surface area contributed by atoms with Crippen LogP contribution < -0.4 is 10.1 Å². The van der Waals surface area contributed by atoms with E-state index in [1.165, 1.54) is 0 Å². The second-order valence-electron chi connectivity index (χ2n) is 7.74. The second kappa shape index (κ2) is 9.87. The van der Waals surface area contributed by atoms with Crippen LogP contribution in [0.1, 0.15) is 16.1 Å². The topological polar surface area (TPSA) is 74.0 Å². The Morgan fingerprint density at radius 2 is 1.41 bits per heavy atom. The number of rotatable bonds is 8. The van der Waals surface area contributed by atoms with Crippen molar-refractivity contribution in [2.45, 2.75) is 13.3 Å². The number of carbonyl (C=O) groups is 1. The van der Waals surface area contributed by atoms with Crippen molar-refractivity contribution in [3.05, 3.63) is 121 Å². The summed E-state index contributed by atoms with van der Waals surface area (Å²) < 4.78 is 9.16. The maximum Gasteiger partial charge on any atom is 0.277 e. The number of ether oxygens (including phenoxy) is 1. The van der Waals surface area contributed by atoms with E-state index in [1.807, 2.05) is 79.0 Å². The minimum absolute atomic E-state index is 0.198. The fourth-order valence-electron chi connectivity index (χ4n) is 3.54. The zero-order chi connectivity index (χ0) is 23.2. The lowest BCUT2D eigenvalue weighted by atomic mass is 10.1. The second-order valence-corrected chi connectivity index (χ2v) is 7.74. The van der Waals surface area contributed by atoms with Gasteiger partial charge >= 0.3 is 0 Å². The van der Waals surface area contributed by atoms with Gasteiger partial charge in [0.15, 0.2) is 18.2 Å². The summed E-state index contributed by atoms with van der Waals surface area (Å²) in [4.78, 5) is 12.6. The minimum Gasteiger partial charge on any atom is -0.471 e. The molecule has 34 heavy (non-hydrogen) atoms.